The summed E-state index contributed by atoms with van der Waals surface area (Å²) in [6, 6.07) is 7.61. The van der Waals surface area contributed by atoms with Gasteiger partial charge in [-0.1, -0.05) is 23.7 Å². The fraction of sp³-hybridized carbons (Fsp3) is 0.222. The van der Waals surface area contributed by atoms with Crippen molar-refractivity contribution in [2.75, 3.05) is 6.54 Å². The van der Waals surface area contributed by atoms with Crippen LogP contribution in [0.3, 0.4) is 0 Å². The number of hydrogen-bond donors (Lipinski definition) is 1. The Morgan fingerprint density at radius 1 is 1.38 bits per heavy atom. The van der Waals surface area contributed by atoms with Crippen molar-refractivity contribution in [1.29, 1.82) is 0 Å². The van der Waals surface area contributed by atoms with Crippen LogP contribution in [0.1, 0.15) is 0 Å². The molecule has 0 saturated carbocycles. The molecule has 1 aromatic heterocycles. The first-order chi connectivity index (χ1) is 6.33. The maximum atomic E-state index is 11.6. The summed E-state index contributed by atoms with van der Waals surface area (Å²) in [4.78, 5) is 11.6. The summed E-state index contributed by atoms with van der Waals surface area (Å²) < 4.78 is 2.73. The Morgan fingerprint density at radius 3 is 2.85 bits per heavy atom. The highest BCUT2D eigenvalue weighted by Gasteiger charge is 2.04. The molecule has 0 bridgehead atoms. The normalized spacial score (nSPS) is 10.8. The molecule has 68 valence electrons. The summed E-state index contributed by atoms with van der Waals surface area (Å²) in [5.74, 6) is 0. The van der Waals surface area contributed by atoms with E-state index in [1.54, 1.807) is 3.96 Å². The van der Waals surface area contributed by atoms with E-state index < -0.39 is 0 Å². The Bertz CT molecular complexity index is 472. The van der Waals surface area contributed by atoms with Gasteiger partial charge in [-0.25, -0.2) is 0 Å². The quantitative estimate of drug-likeness (QED) is 0.776. The Labute approximate surface area is 79.6 Å². The maximum absolute atomic E-state index is 11.6. The van der Waals surface area contributed by atoms with E-state index in [-0.39, 0.29) is 5.56 Å². The van der Waals surface area contributed by atoms with Crippen LogP contribution in [0.4, 0.5) is 0 Å². The number of benzene rings is 1. The first kappa shape index (κ1) is 8.47. The van der Waals surface area contributed by atoms with Gasteiger partial charge in [0.05, 0.1) is 10.1 Å². The number of rotatable bonds is 2. The lowest BCUT2D eigenvalue weighted by atomic mass is 10.3. The summed E-state index contributed by atoms with van der Waals surface area (Å²) in [6.45, 7) is 1.12. The highest BCUT2D eigenvalue weighted by Crippen LogP contribution is 2.15. The lowest BCUT2D eigenvalue weighted by Crippen LogP contribution is -2.18. The van der Waals surface area contributed by atoms with E-state index in [9.17, 15) is 4.79 Å². The summed E-state index contributed by atoms with van der Waals surface area (Å²) in [6.07, 6.45) is 0. The molecule has 4 heteroatoms. The van der Waals surface area contributed by atoms with Gasteiger partial charge in [-0.15, -0.1) is 0 Å². The number of fused-ring (bicyclic) bond motifs is 1. The number of nitrogens with two attached hydrogens (primary N) is 1. The van der Waals surface area contributed by atoms with Crippen molar-refractivity contribution in [3.63, 3.8) is 0 Å². The molecule has 0 aliphatic heterocycles. The van der Waals surface area contributed by atoms with Gasteiger partial charge in [0.1, 0.15) is 0 Å². The van der Waals surface area contributed by atoms with E-state index in [1.807, 2.05) is 24.3 Å². The van der Waals surface area contributed by atoms with Gasteiger partial charge in [-0.05, 0) is 12.1 Å². The van der Waals surface area contributed by atoms with Crippen molar-refractivity contribution >= 4 is 21.6 Å². The Balaban J connectivity index is 2.67. The van der Waals surface area contributed by atoms with Crippen LogP contribution in [0.15, 0.2) is 29.1 Å². The zero-order valence-corrected chi connectivity index (χ0v) is 7.88. The van der Waals surface area contributed by atoms with E-state index >= 15 is 0 Å². The summed E-state index contributed by atoms with van der Waals surface area (Å²) >= 11 is 1.47. The molecule has 3 nitrogen and oxygen atoms in total. The molecular formula is C9H10N2OS. The van der Waals surface area contributed by atoms with Crippen molar-refractivity contribution in [2.45, 2.75) is 6.54 Å². The second-order valence-electron chi connectivity index (χ2n) is 2.78. The van der Waals surface area contributed by atoms with Crippen molar-refractivity contribution < 1.29 is 0 Å². The van der Waals surface area contributed by atoms with E-state index in [0.717, 1.165) is 10.1 Å². The van der Waals surface area contributed by atoms with Crippen LogP contribution in [0, 0.1) is 0 Å². The van der Waals surface area contributed by atoms with Crippen molar-refractivity contribution in [3.8, 4) is 0 Å². The predicted octanol–water partition coefficient (Wildman–Crippen LogP) is 1.02. The van der Waals surface area contributed by atoms with Gasteiger partial charge in [0, 0.05) is 13.1 Å². The van der Waals surface area contributed by atoms with Gasteiger partial charge >= 0.3 is 0 Å². The summed E-state index contributed by atoms with van der Waals surface area (Å²) in [5.41, 5.74) is 5.47. The van der Waals surface area contributed by atoms with Gasteiger partial charge in [-0.3, -0.25) is 8.75 Å². The second kappa shape index (κ2) is 3.32. The molecule has 0 radical (unpaired) electrons. The Kier molecular flexibility index (Phi) is 2.16. The first-order valence-corrected chi connectivity index (χ1v) is 4.89. The second-order valence-corrected chi connectivity index (χ2v) is 3.85. The van der Waals surface area contributed by atoms with Crippen LogP contribution in [0.2, 0.25) is 0 Å². The molecule has 2 aromatic rings. The maximum Gasteiger partial charge on any atom is 0.268 e. The molecule has 1 heterocycles. The van der Waals surface area contributed by atoms with Crippen LogP contribution in [0.5, 0.6) is 0 Å². The molecule has 0 spiro atoms. The fourth-order valence-electron chi connectivity index (χ4n) is 1.28. The third-order valence-electron chi connectivity index (χ3n) is 1.88. The van der Waals surface area contributed by atoms with Crippen LogP contribution in [-0.2, 0) is 6.54 Å². The molecule has 2 rings (SSSR count). The van der Waals surface area contributed by atoms with Gasteiger partial charge in [-0.2, -0.15) is 0 Å². The molecule has 0 amide bonds. The number of hydrogen-bond acceptors (Lipinski definition) is 3. The van der Waals surface area contributed by atoms with Crippen LogP contribution in [-0.4, -0.2) is 10.5 Å². The zero-order valence-electron chi connectivity index (χ0n) is 7.06. The van der Waals surface area contributed by atoms with Crippen molar-refractivity contribution in [3.05, 3.63) is 34.6 Å². The zero-order chi connectivity index (χ0) is 9.26. The van der Waals surface area contributed by atoms with E-state index in [2.05, 4.69) is 0 Å². The van der Waals surface area contributed by atoms with Crippen molar-refractivity contribution in [1.82, 2.24) is 3.96 Å². The molecule has 0 aliphatic rings. The van der Waals surface area contributed by atoms with E-state index in [4.69, 9.17) is 5.73 Å². The first-order valence-electron chi connectivity index (χ1n) is 4.12. The van der Waals surface area contributed by atoms with Gasteiger partial charge in [0.2, 0.25) is 0 Å². The smallest absolute Gasteiger partial charge is 0.268 e. The molecule has 0 atom stereocenters. The summed E-state index contributed by atoms with van der Waals surface area (Å²) in [7, 11) is 0. The topological polar surface area (TPSA) is 48.0 Å². The van der Waals surface area contributed by atoms with Gasteiger partial charge < -0.3 is 5.73 Å². The molecular weight excluding hydrogens is 184 g/mol. The standard InChI is InChI=1S/C9H10N2OS/c10-5-6-11-9(12)7-3-1-2-4-8(7)13-11/h1-4H,5-6,10H2. The molecule has 0 aliphatic carbocycles. The minimum absolute atomic E-state index is 0.0750. The van der Waals surface area contributed by atoms with Crippen LogP contribution in [0.25, 0.3) is 10.1 Å². The lowest BCUT2D eigenvalue weighted by molar-refractivity contribution is 0.749. The third-order valence-corrected chi connectivity index (χ3v) is 3.01. The average molecular weight is 194 g/mol. The Hall–Kier alpha value is -1.13. The number of nitrogens with zero attached hydrogens (tertiary/aromatic N) is 1. The largest absolute Gasteiger partial charge is 0.329 e. The van der Waals surface area contributed by atoms with Gasteiger partial charge in [0.25, 0.3) is 5.56 Å². The molecule has 2 N–H and O–H groups in total. The SMILES string of the molecule is NCCn1sc2ccccc2c1=O. The summed E-state index contributed by atoms with van der Waals surface area (Å²) in [5, 5.41) is 0.793. The lowest BCUT2D eigenvalue weighted by Gasteiger charge is -1.92. The van der Waals surface area contributed by atoms with Crippen LogP contribution < -0.4 is 11.3 Å². The molecule has 13 heavy (non-hydrogen) atoms. The highest BCUT2D eigenvalue weighted by atomic mass is 32.1. The van der Waals surface area contributed by atoms with E-state index in [1.165, 1.54) is 11.5 Å². The van der Waals surface area contributed by atoms with Crippen molar-refractivity contribution in [2.24, 2.45) is 5.73 Å². The van der Waals surface area contributed by atoms with Crippen LogP contribution >= 0.6 is 11.5 Å². The molecule has 0 fully saturated rings. The highest BCUT2D eigenvalue weighted by molar-refractivity contribution is 7.13. The average Bonchev–Trinajstić information content (AvgIpc) is 2.46. The molecule has 1 aromatic carbocycles. The van der Waals surface area contributed by atoms with E-state index in [0.29, 0.717) is 13.1 Å². The monoisotopic (exact) mass is 194 g/mol. The van der Waals surface area contributed by atoms with Gasteiger partial charge in [0.15, 0.2) is 0 Å². The predicted molar refractivity (Wildman–Crippen MR) is 55.1 cm³/mol. The minimum Gasteiger partial charge on any atom is -0.329 e. The minimum atomic E-state index is 0.0750. The fourth-order valence-corrected chi connectivity index (χ4v) is 2.29. The molecule has 0 saturated heterocycles. The number of aromatic nitrogens is 1. The Morgan fingerprint density at radius 2 is 2.15 bits per heavy atom. The third kappa shape index (κ3) is 1.38. The molecule has 0 unspecified atom stereocenters.